The maximum atomic E-state index is 12.3. The van der Waals surface area contributed by atoms with Crippen molar-refractivity contribution < 1.29 is 4.79 Å². The van der Waals surface area contributed by atoms with Crippen molar-refractivity contribution in [2.75, 3.05) is 26.2 Å². The Morgan fingerprint density at radius 1 is 0.913 bits per heavy atom. The highest BCUT2D eigenvalue weighted by molar-refractivity contribution is 5.79. The molecule has 0 saturated carbocycles. The number of carbonyl (C=O) groups is 1. The van der Waals surface area contributed by atoms with Crippen LogP contribution in [0.2, 0.25) is 0 Å². The van der Waals surface area contributed by atoms with Gasteiger partial charge in [-0.2, -0.15) is 0 Å². The van der Waals surface area contributed by atoms with E-state index in [0.717, 1.165) is 51.9 Å². The molecule has 2 N–H and O–H groups in total. The van der Waals surface area contributed by atoms with E-state index >= 15 is 0 Å². The number of rotatable bonds is 2. The van der Waals surface area contributed by atoms with E-state index in [0.29, 0.717) is 11.9 Å². The van der Waals surface area contributed by atoms with Crippen LogP contribution in [0.5, 0.6) is 0 Å². The normalized spacial score (nSPS) is 18.4. The zero-order chi connectivity index (χ0) is 18.3. The van der Waals surface area contributed by atoms with Crippen molar-refractivity contribution in [3.05, 3.63) is 12.8 Å². The number of amides is 1. The summed E-state index contributed by atoms with van der Waals surface area (Å²) < 4.78 is 0. The molecule has 2 aliphatic heterocycles. The molecule has 0 unspecified atom stereocenters. The van der Waals surface area contributed by atoms with Crippen molar-refractivity contribution in [3.63, 3.8) is 0 Å². The van der Waals surface area contributed by atoms with E-state index in [1.165, 1.54) is 0 Å². The van der Waals surface area contributed by atoms with Crippen LogP contribution < -0.4 is 5.73 Å². The molecular formula is C19H41N3O. The highest BCUT2D eigenvalue weighted by atomic mass is 16.2. The minimum atomic E-state index is 0.223. The summed E-state index contributed by atoms with van der Waals surface area (Å²) >= 11 is 0. The molecule has 0 aromatic rings. The van der Waals surface area contributed by atoms with Gasteiger partial charge in [0.15, 0.2) is 0 Å². The van der Waals surface area contributed by atoms with Gasteiger partial charge in [0.2, 0.25) is 5.91 Å². The zero-order valence-electron chi connectivity index (χ0n) is 16.5. The molecule has 0 aromatic heterocycles. The molecule has 0 aromatic carbocycles. The van der Waals surface area contributed by atoms with Gasteiger partial charge in [0, 0.05) is 38.1 Å². The number of hydrogen-bond donors (Lipinski definition) is 1. The van der Waals surface area contributed by atoms with Gasteiger partial charge in [-0.1, -0.05) is 48.1 Å². The summed E-state index contributed by atoms with van der Waals surface area (Å²) in [6.07, 6.45) is 5.72. The van der Waals surface area contributed by atoms with E-state index in [4.69, 9.17) is 5.73 Å². The van der Waals surface area contributed by atoms with Crippen LogP contribution in [0.3, 0.4) is 0 Å². The molecular weight excluding hydrogens is 286 g/mol. The van der Waals surface area contributed by atoms with E-state index in [-0.39, 0.29) is 5.92 Å². The molecule has 2 rings (SSSR count). The molecule has 0 spiro atoms. The number of carbonyl (C=O) groups excluding carboxylic acids is 1. The van der Waals surface area contributed by atoms with E-state index in [1.54, 1.807) is 0 Å². The molecule has 0 bridgehead atoms. The van der Waals surface area contributed by atoms with Gasteiger partial charge in [-0.3, -0.25) is 4.79 Å². The summed E-state index contributed by atoms with van der Waals surface area (Å²) in [5, 5.41) is 0. The third-order valence-corrected chi connectivity index (χ3v) is 3.99. The molecule has 1 amide bonds. The molecule has 23 heavy (non-hydrogen) atoms. The number of piperidine rings is 2. The minimum Gasteiger partial charge on any atom is -0.378 e. The lowest BCUT2D eigenvalue weighted by Crippen LogP contribution is -2.47. The fraction of sp³-hybridized carbons (Fsp3) is 0.842. The van der Waals surface area contributed by atoms with Crippen LogP contribution in [-0.4, -0.2) is 47.9 Å². The van der Waals surface area contributed by atoms with Crippen molar-refractivity contribution in [1.82, 2.24) is 9.80 Å². The van der Waals surface area contributed by atoms with Gasteiger partial charge in [0.25, 0.3) is 0 Å². The van der Waals surface area contributed by atoms with Crippen LogP contribution in [0.1, 0.15) is 67.2 Å². The number of nitrogens with zero attached hydrogens (tertiary/aromatic N) is 2. The molecule has 0 atom stereocenters. The molecule has 0 radical (unpaired) electrons. The second-order valence-corrected chi connectivity index (χ2v) is 5.16. The third kappa shape index (κ3) is 8.99. The summed E-state index contributed by atoms with van der Waals surface area (Å²) in [5.41, 5.74) is 5.86. The van der Waals surface area contributed by atoms with Gasteiger partial charge in [0.05, 0.1) is 0 Å². The van der Waals surface area contributed by atoms with Crippen LogP contribution in [0.4, 0.5) is 0 Å². The SMILES string of the molecule is C=CN1CCC(C(=O)N2CCC(N)CC2)CC1.CC.CC.CC. The first-order valence-electron chi connectivity index (χ1n) is 9.61. The molecule has 2 aliphatic rings. The Balaban J connectivity index is 0. The first kappa shape index (κ1) is 24.2. The zero-order valence-corrected chi connectivity index (χ0v) is 16.5. The van der Waals surface area contributed by atoms with Crippen LogP contribution in [0.25, 0.3) is 0 Å². The molecule has 2 saturated heterocycles. The Morgan fingerprint density at radius 3 is 1.74 bits per heavy atom. The summed E-state index contributed by atoms with van der Waals surface area (Å²) in [6.45, 7) is 19.4. The van der Waals surface area contributed by atoms with Crippen LogP contribution in [0.15, 0.2) is 12.8 Å². The molecule has 4 heteroatoms. The number of nitrogens with two attached hydrogens (primary N) is 1. The summed E-state index contributed by atoms with van der Waals surface area (Å²) in [5.74, 6) is 0.570. The fourth-order valence-corrected chi connectivity index (χ4v) is 2.71. The Kier molecular flexibility index (Phi) is 16.7. The van der Waals surface area contributed by atoms with E-state index in [1.807, 2.05) is 52.6 Å². The second-order valence-electron chi connectivity index (χ2n) is 5.16. The quantitative estimate of drug-likeness (QED) is 0.837. The van der Waals surface area contributed by atoms with E-state index in [9.17, 15) is 4.79 Å². The number of likely N-dealkylation sites (tertiary alicyclic amines) is 2. The van der Waals surface area contributed by atoms with Crippen molar-refractivity contribution in [1.29, 1.82) is 0 Å². The number of hydrogen-bond acceptors (Lipinski definition) is 3. The molecule has 2 heterocycles. The van der Waals surface area contributed by atoms with Gasteiger partial charge < -0.3 is 15.5 Å². The van der Waals surface area contributed by atoms with Crippen LogP contribution in [0, 0.1) is 5.92 Å². The average Bonchev–Trinajstić information content (AvgIpc) is 2.67. The van der Waals surface area contributed by atoms with Gasteiger partial charge in [-0.05, 0) is 31.9 Å². The van der Waals surface area contributed by atoms with Gasteiger partial charge in [-0.15, -0.1) is 0 Å². The van der Waals surface area contributed by atoms with Gasteiger partial charge in [0.1, 0.15) is 0 Å². The van der Waals surface area contributed by atoms with Crippen molar-refractivity contribution in [2.45, 2.75) is 73.3 Å². The lowest BCUT2D eigenvalue weighted by Gasteiger charge is -2.36. The predicted molar refractivity (Wildman–Crippen MR) is 102 cm³/mol. The van der Waals surface area contributed by atoms with Crippen LogP contribution in [-0.2, 0) is 4.79 Å². The minimum absolute atomic E-state index is 0.223. The van der Waals surface area contributed by atoms with Gasteiger partial charge >= 0.3 is 0 Å². The molecule has 2 fully saturated rings. The first-order chi connectivity index (χ1) is 11.2. The molecule has 0 aliphatic carbocycles. The highest BCUT2D eigenvalue weighted by Gasteiger charge is 2.29. The van der Waals surface area contributed by atoms with Crippen molar-refractivity contribution in [3.8, 4) is 0 Å². The van der Waals surface area contributed by atoms with Crippen molar-refractivity contribution in [2.24, 2.45) is 11.7 Å². The monoisotopic (exact) mass is 327 g/mol. The Labute approximate surface area is 145 Å². The predicted octanol–water partition coefficient (Wildman–Crippen LogP) is 3.87. The van der Waals surface area contributed by atoms with E-state index < -0.39 is 0 Å². The fourth-order valence-electron chi connectivity index (χ4n) is 2.71. The Morgan fingerprint density at radius 2 is 1.35 bits per heavy atom. The average molecular weight is 328 g/mol. The topological polar surface area (TPSA) is 49.6 Å². The Bertz CT molecular complexity index is 278. The standard InChI is InChI=1S/C13H23N3O.3C2H6/c1-2-15-7-3-11(4-8-15)13(17)16-9-5-12(14)6-10-16;3*1-2/h2,11-12H,1,3-10,14H2;3*1-2H3. The molecule has 138 valence electrons. The lowest BCUT2D eigenvalue weighted by molar-refractivity contribution is -0.137. The summed E-state index contributed by atoms with van der Waals surface area (Å²) in [4.78, 5) is 16.5. The van der Waals surface area contributed by atoms with Crippen LogP contribution >= 0.6 is 0 Å². The summed E-state index contributed by atoms with van der Waals surface area (Å²) in [6, 6.07) is 0.293. The first-order valence-corrected chi connectivity index (χ1v) is 9.61. The Hall–Kier alpha value is -1.03. The largest absolute Gasteiger partial charge is 0.378 e. The molecule has 4 nitrogen and oxygen atoms in total. The van der Waals surface area contributed by atoms with Gasteiger partial charge in [-0.25, -0.2) is 0 Å². The summed E-state index contributed by atoms with van der Waals surface area (Å²) in [7, 11) is 0. The highest BCUT2D eigenvalue weighted by Crippen LogP contribution is 2.21. The third-order valence-electron chi connectivity index (χ3n) is 3.99. The van der Waals surface area contributed by atoms with E-state index in [2.05, 4.69) is 11.5 Å². The smallest absolute Gasteiger partial charge is 0.225 e. The maximum Gasteiger partial charge on any atom is 0.225 e. The lowest BCUT2D eigenvalue weighted by atomic mass is 9.94. The second kappa shape index (κ2) is 15.9. The maximum absolute atomic E-state index is 12.3. The van der Waals surface area contributed by atoms with Crippen molar-refractivity contribution >= 4 is 5.91 Å².